The smallest absolute Gasteiger partial charge is 0.190 e. The summed E-state index contributed by atoms with van der Waals surface area (Å²) in [7, 11) is 0. The number of hydrogen-bond donors (Lipinski definition) is 0. The highest BCUT2D eigenvalue weighted by molar-refractivity contribution is 5.65. The van der Waals surface area contributed by atoms with Crippen molar-refractivity contribution in [1.29, 1.82) is 0 Å². The second-order valence-electron chi connectivity index (χ2n) is 2.82. The van der Waals surface area contributed by atoms with Crippen LogP contribution in [0.3, 0.4) is 0 Å². The Labute approximate surface area is 73.2 Å². The molecule has 1 unspecified atom stereocenters. The summed E-state index contributed by atoms with van der Waals surface area (Å²) >= 11 is 0. The molecule has 0 bridgehead atoms. The largest absolute Gasteiger partial charge is 0.299 e. The quantitative estimate of drug-likeness (QED) is 0.651. The van der Waals surface area contributed by atoms with E-state index in [4.69, 9.17) is 0 Å². The lowest BCUT2D eigenvalue weighted by Crippen LogP contribution is -2.18. The van der Waals surface area contributed by atoms with Crippen LogP contribution in [-0.4, -0.2) is 6.29 Å². The molecule has 1 nitrogen and oxygen atoms in total. The first-order valence-corrected chi connectivity index (χ1v) is 3.58. The molecule has 1 atom stereocenters. The van der Waals surface area contributed by atoms with Crippen LogP contribution in [0.2, 0.25) is 0 Å². The lowest BCUT2D eigenvalue weighted by Gasteiger charge is -2.13. The van der Waals surface area contributed by atoms with E-state index >= 15 is 0 Å². The van der Waals surface area contributed by atoms with Crippen molar-refractivity contribution in [2.24, 2.45) is 0 Å². The molecule has 1 aromatic carbocycles. The molecule has 0 radical (unpaired) electrons. The van der Waals surface area contributed by atoms with Gasteiger partial charge < -0.3 is 0 Å². The van der Waals surface area contributed by atoms with Gasteiger partial charge in [-0.15, -0.1) is 0 Å². The van der Waals surface area contributed by atoms with Gasteiger partial charge in [0.1, 0.15) is 11.6 Å². The summed E-state index contributed by atoms with van der Waals surface area (Å²) in [4.78, 5) is 10.2. The molecule has 13 heavy (non-hydrogen) atoms. The SMILES string of the molecule is CC(F)(C=O)c1ccc(F)cc1F. The van der Waals surface area contributed by atoms with Gasteiger partial charge in [-0.3, -0.25) is 4.79 Å². The summed E-state index contributed by atoms with van der Waals surface area (Å²) in [6.45, 7) is 0.913. The molecule has 1 rings (SSSR count). The van der Waals surface area contributed by atoms with Gasteiger partial charge in [0.05, 0.1) is 0 Å². The van der Waals surface area contributed by atoms with E-state index in [1.54, 1.807) is 0 Å². The standard InChI is InChI=1S/C9H7F3O/c1-9(12,5-13)7-3-2-6(10)4-8(7)11/h2-5H,1H3. The zero-order valence-electron chi connectivity index (χ0n) is 6.85. The van der Waals surface area contributed by atoms with Crippen LogP contribution in [0.1, 0.15) is 12.5 Å². The molecule has 0 heterocycles. The van der Waals surface area contributed by atoms with E-state index in [1.165, 1.54) is 0 Å². The van der Waals surface area contributed by atoms with Crippen LogP contribution in [0.4, 0.5) is 13.2 Å². The van der Waals surface area contributed by atoms with Crippen molar-refractivity contribution in [3.05, 3.63) is 35.4 Å². The fourth-order valence-electron chi connectivity index (χ4n) is 0.949. The molecule has 0 aliphatic carbocycles. The van der Waals surface area contributed by atoms with E-state index in [9.17, 15) is 18.0 Å². The lowest BCUT2D eigenvalue weighted by atomic mass is 9.99. The first-order valence-electron chi connectivity index (χ1n) is 3.58. The Morgan fingerprint density at radius 1 is 1.38 bits per heavy atom. The number of alkyl halides is 1. The van der Waals surface area contributed by atoms with E-state index in [1.807, 2.05) is 0 Å². The van der Waals surface area contributed by atoms with E-state index in [-0.39, 0.29) is 6.29 Å². The number of carbonyl (C=O) groups excluding carboxylic acids is 1. The van der Waals surface area contributed by atoms with Gasteiger partial charge in [-0.05, 0) is 19.1 Å². The molecule has 0 amide bonds. The van der Waals surface area contributed by atoms with Gasteiger partial charge in [-0.1, -0.05) is 0 Å². The number of halogens is 3. The van der Waals surface area contributed by atoms with Crippen LogP contribution in [0.25, 0.3) is 0 Å². The topological polar surface area (TPSA) is 17.1 Å². The van der Waals surface area contributed by atoms with Crippen LogP contribution < -0.4 is 0 Å². The molecular weight excluding hydrogens is 181 g/mol. The Balaban J connectivity index is 3.23. The highest BCUT2D eigenvalue weighted by atomic mass is 19.2. The van der Waals surface area contributed by atoms with Crippen molar-refractivity contribution in [3.63, 3.8) is 0 Å². The van der Waals surface area contributed by atoms with Crippen molar-refractivity contribution in [2.45, 2.75) is 12.6 Å². The summed E-state index contributed by atoms with van der Waals surface area (Å²) in [6, 6.07) is 2.36. The predicted molar refractivity (Wildman–Crippen MR) is 40.9 cm³/mol. The lowest BCUT2D eigenvalue weighted by molar-refractivity contribution is -0.117. The first-order chi connectivity index (χ1) is 5.97. The van der Waals surface area contributed by atoms with E-state index in [2.05, 4.69) is 0 Å². The number of aldehydes is 1. The van der Waals surface area contributed by atoms with Crippen molar-refractivity contribution in [3.8, 4) is 0 Å². The summed E-state index contributed by atoms with van der Waals surface area (Å²) in [6.07, 6.45) is -0.0245. The fraction of sp³-hybridized carbons (Fsp3) is 0.222. The monoisotopic (exact) mass is 188 g/mol. The van der Waals surface area contributed by atoms with Crippen molar-refractivity contribution in [1.82, 2.24) is 0 Å². The number of carbonyl (C=O) groups is 1. The van der Waals surface area contributed by atoms with Crippen LogP contribution >= 0.6 is 0 Å². The van der Waals surface area contributed by atoms with Crippen LogP contribution in [0.5, 0.6) is 0 Å². The van der Waals surface area contributed by atoms with Gasteiger partial charge in [0.2, 0.25) is 0 Å². The first kappa shape index (κ1) is 9.77. The highest BCUT2D eigenvalue weighted by Crippen LogP contribution is 2.25. The zero-order chi connectivity index (χ0) is 10.1. The second kappa shape index (κ2) is 3.20. The van der Waals surface area contributed by atoms with E-state index < -0.39 is 22.9 Å². The van der Waals surface area contributed by atoms with Crippen LogP contribution in [0, 0.1) is 11.6 Å². The maximum absolute atomic E-state index is 13.2. The Hall–Kier alpha value is -1.32. The molecule has 0 N–H and O–H groups in total. The third kappa shape index (κ3) is 1.88. The van der Waals surface area contributed by atoms with Crippen LogP contribution in [0.15, 0.2) is 18.2 Å². The maximum atomic E-state index is 13.2. The highest BCUT2D eigenvalue weighted by Gasteiger charge is 2.28. The predicted octanol–water partition coefficient (Wildman–Crippen LogP) is 2.35. The normalized spacial score (nSPS) is 15.1. The molecule has 0 fully saturated rings. The molecule has 1 aromatic rings. The Morgan fingerprint density at radius 2 is 2.00 bits per heavy atom. The minimum atomic E-state index is -2.40. The molecule has 0 saturated heterocycles. The number of hydrogen-bond acceptors (Lipinski definition) is 1. The molecule has 0 aromatic heterocycles. The number of rotatable bonds is 2. The van der Waals surface area contributed by atoms with Gasteiger partial charge in [0.15, 0.2) is 12.0 Å². The zero-order valence-corrected chi connectivity index (χ0v) is 6.85. The third-order valence-corrected chi connectivity index (χ3v) is 1.68. The average molecular weight is 188 g/mol. The van der Waals surface area contributed by atoms with Crippen molar-refractivity contribution < 1.29 is 18.0 Å². The summed E-state index contributed by atoms with van der Waals surface area (Å²) in [5.74, 6) is -1.86. The second-order valence-corrected chi connectivity index (χ2v) is 2.82. The van der Waals surface area contributed by atoms with Gasteiger partial charge >= 0.3 is 0 Å². The Kier molecular flexibility index (Phi) is 2.40. The molecule has 0 aliphatic heterocycles. The molecule has 0 aliphatic rings. The van der Waals surface area contributed by atoms with Crippen LogP contribution in [-0.2, 0) is 10.5 Å². The summed E-state index contributed by atoms with van der Waals surface area (Å²) in [5.41, 5.74) is -2.86. The molecule has 0 spiro atoms. The minimum absolute atomic E-state index is 0.0245. The summed E-state index contributed by atoms with van der Waals surface area (Å²) in [5, 5.41) is 0. The van der Waals surface area contributed by atoms with Gasteiger partial charge in [0, 0.05) is 11.6 Å². The Bertz CT molecular complexity index is 334. The maximum Gasteiger partial charge on any atom is 0.190 e. The summed E-state index contributed by atoms with van der Waals surface area (Å²) < 4.78 is 38.5. The van der Waals surface area contributed by atoms with Gasteiger partial charge in [0.25, 0.3) is 0 Å². The minimum Gasteiger partial charge on any atom is -0.299 e. The average Bonchev–Trinajstić information content (AvgIpc) is 2.03. The molecule has 4 heteroatoms. The van der Waals surface area contributed by atoms with Crippen molar-refractivity contribution in [2.75, 3.05) is 0 Å². The molecular formula is C9H7F3O. The van der Waals surface area contributed by atoms with Gasteiger partial charge in [-0.2, -0.15) is 0 Å². The van der Waals surface area contributed by atoms with E-state index in [0.717, 1.165) is 19.1 Å². The molecule has 70 valence electrons. The van der Waals surface area contributed by atoms with Gasteiger partial charge in [-0.25, -0.2) is 13.2 Å². The fourth-order valence-corrected chi connectivity index (χ4v) is 0.949. The number of benzene rings is 1. The van der Waals surface area contributed by atoms with Crippen molar-refractivity contribution >= 4 is 6.29 Å². The Morgan fingerprint density at radius 3 is 2.46 bits per heavy atom. The van der Waals surface area contributed by atoms with E-state index in [0.29, 0.717) is 6.07 Å². The third-order valence-electron chi connectivity index (χ3n) is 1.68. The molecule has 0 saturated carbocycles.